The Bertz CT molecular complexity index is 1080. The summed E-state index contributed by atoms with van der Waals surface area (Å²) >= 11 is 0. The molecule has 2 aromatic carbocycles. The molecule has 0 radical (unpaired) electrons. The Labute approximate surface area is 189 Å². The van der Waals surface area contributed by atoms with E-state index in [0.717, 1.165) is 5.56 Å². The molecule has 10 heteroatoms. The number of carboxylic acid groups (broad SMARTS) is 1. The van der Waals surface area contributed by atoms with Crippen LogP contribution in [0.4, 0.5) is 10.5 Å². The van der Waals surface area contributed by atoms with Gasteiger partial charge in [-0.1, -0.05) is 30.3 Å². The molecule has 2 N–H and O–H groups in total. The van der Waals surface area contributed by atoms with Crippen LogP contribution in [0.2, 0.25) is 0 Å². The van der Waals surface area contributed by atoms with Crippen molar-refractivity contribution >= 4 is 23.7 Å². The van der Waals surface area contributed by atoms with Gasteiger partial charge in [0.15, 0.2) is 0 Å². The predicted molar refractivity (Wildman–Crippen MR) is 117 cm³/mol. The molecule has 1 aliphatic rings. The number of nitro benzene ring substituents is 1. The average molecular weight is 453 g/mol. The molecule has 0 spiro atoms. The fourth-order valence-corrected chi connectivity index (χ4v) is 3.54. The highest BCUT2D eigenvalue weighted by molar-refractivity contribution is 5.95. The normalized spacial score (nSPS) is 15.7. The van der Waals surface area contributed by atoms with Gasteiger partial charge >= 0.3 is 18.0 Å². The molecule has 172 valence electrons. The maximum absolute atomic E-state index is 13.1. The van der Waals surface area contributed by atoms with Gasteiger partial charge in [-0.2, -0.15) is 0 Å². The van der Waals surface area contributed by atoms with Crippen molar-refractivity contribution in [3.05, 3.63) is 87.1 Å². The van der Waals surface area contributed by atoms with Crippen molar-refractivity contribution in [1.29, 1.82) is 0 Å². The van der Waals surface area contributed by atoms with Gasteiger partial charge in [0, 0.05) is 30.8 Å². The number of hydrogen-bond acceptors (Lipinski definition) is 6. The molecule has 0 aliphatic carbocycles. The molecule has 0 fully saturated rings. The molecule has 1 aliphatic heterocycles. The van der Waals surface area contributed by atoms with Gasteiger partial charge in [-0.05, 0) is 36.6 Å². The molecule has 2 amide bonds. The van der Waals surface area contributed by atoms with E-state index in [1.54, 1.807) is 6.92 Å². The van der Waals surface area contributed by atoms with E-state index in [-0.39, 0.29) is 37.3 Å². The number of esters is 1. The van der Waals surface area contributed by atoms with Crippen molar-refractivity contribution in [3.8, 4) is 0 Å². The van der Waals surface area contributed by atoms with E-state index in [1.165, 1.54) is 29.2 Å². The Morgan fingerprint density at radius 1 is 1.15 bits per heavy atom. The largest absolute Gasteiger partial charge is 0.481 e. The van der Waals surface area contributed by atoms with E-state index >= 15 is 0 Å². The Morgan fingerprint density at radius 2 is 1.82 bits per heavy atom. The number of benzene rings is 2. The Hall–Kier alpha value is -4.21. The fraction of sp³-hybridized carbons (Fsp3) is 0.261. The van der Waals surface area contributed by atoms with Gasteiger partial charge in [0.1, 0.15) is 6.61 Å². The predicted octanol–water partition coefficient (Wildman–Crippen LogP) is 3.54. The zero-order chi connectivity index (χ0) is 24.0. The molecule has 0 saturated heterocycles. The standard InChI is InChI=1S/C23H23N3O7/c1-15-20(22(29)33-14-16-6-3-2-4-7-16)21(17-9-11-18(12-10-17)26(31)32)24-23(30)25(15)13-5-8-19(27)28/h2-4,6-7,9-12,21H,5,8,13-14H2,1H3,(H,24,30)(H,27,28). The fourth-order valence-electron chi connectivity index (χ4n) is 3.54. The van der Waals surface area contributed by atoms with Crippen molar-refractivity contribution < 1.29 is 29.2 Å². The summed E-state index contributed by atoms with van der Waals surface area (Å²) < 4.78 is 5.50. The number of hydrogen-bond donors (Lipinski definition) is 2. The smallest absolute Gasteiger partial charge is 0.338 e. The van der Waals surface area contributed by atoms with Crippen LogP contribution >= 0.6 is 0 Å². The summed E-state index contributed by atoms with van der Waals surface area (Å²) in [6.07, 6.45) is 0.0747. The van der Waals surface area contributed by atoms with Crippen LogP contribution < -0.4 is 5.32 Å². The highest BCUT2D eigenvalue weighted by Gasteiger charge is 2.36. The first-order valence-corrected chi connectivity index (χ1v) is 10.2. The number of carbonyl (C=O) groups is 3. The zero-order valence-corrected chi connectivity index (χ0v) is 17.9. The molecule has 0 saturated carbocycles. The van der Waals surface area contributed by atoms with Gasteiger partial charge < -0.3 is 15.2 Å². The number of rotatable bonds is 9. The van der Waals surface area contributed by atoms with E-state index < -0.39 is 28.9 Å². The first-order valence-electron chi connectivity index (χ1n) is 10.2. The van der Waals surface area contributed by atoms with Crippen LogP contribution in [-0.4, -0.2) is 39.4 Å². The minimum Gasteiger partial charge on any atom is -0.481 e. The Kier molecular flexibility index (Phi) is 7.39. The number of allylic oxidation sites excluding steroid dienone is 1. The van der Waals surface area contributed by atoms with E-state index in [9.17, 15) is 24.5 Å². The number of carboxylic acids is 1. The van der Waals surface area contributed by atoms with Gasteiger partial charge in [-0.25, -0.2) is 9.59 Å². The number of ether oxygens (including phenoxy) is 1. The quantitative estimate of drug-likeness (QED) is 0.336. The van der Waals surface area contributed by atoms with Gasteiger partial charge in [-0.3, -0.25) is 19.8 Å². The number of amides is 2. The number of carbonyl (C=O) groups excluding carboxylic acids is 2. The van der Waals surface area contributed by atoms with Crippen LogP contribution in [-0.2, 0) is 20.9 Å². The number of urea groups is 1. The molecule has 0 aromatic heterocycles. The lowest BCUT2D eigenvalue weighted by Crippen LogP contribution is -2.48. The summed E-state index contributed by atoms with van der Waals surface area (Å²) in [5.41, 5.74) is 1.66. The second kappa shape index (κ2) is 10.4. The number of nitrogens with zero attached hydrogens (tertiary/aromatic N) is 2. The minimum atomic E-state index is -0.986. The van der Waals surface area contributed by atoms with Crippen LogP contribution in [0.1, 0.15) is 36.9 Å². The summed E-state index contributed by atoms with van der Waals surface area (Å²) in [6, 6.07) is 13.3. The topological polar surface area (TPSA) is 139 Å². The van der Waals surface area contributed by atoms with Crippen molar-refractivity contribution in [2.75, 3.05) is 6.54 Å². The molecule has 10 nitrogen and oxygen atoms in total. The zero-order valence-electron chi connectivity index (χ0n) is 17.9. The van der Waals surface area contributed by atoms with Crippen molar-refractivity contribution in [2.45, 2.75) is 32.4 Å². The summed E-state index contributed by atoms with van der Waals surface area (Å²) in [7, 11) is 0. The summed E-state index contributed by atoms with van der Waals surface area (Å²) in [5, 5.41) is 22.6. The first kappa shape index (κ1) is 23.5. The van der Waals surface area contributed by atoms with Gasteiger partial charge in [-0.15, -0.1) is 0 Å². The highest BCUT2D eigenvalue weighted by Crippen LogP contribution is 2.32. The van der Waals surface area contributed by atoms with Gasteiger partial charge in [0.25, 0.3) is 5.69 Å². The molecule has 1 unspecified atom stereocenters. The van der Waals surface area contributed by atoms with E-state index in [2.05, 4.69) is 5.32 Å². The SMILES string of the molecule is CC1=C(C(=O)OCc2ccccc2)C(c2ccc([N+](=O)[O-])cc2)NC(=O)N1CCCC(=O)O. The molecular formula is C23H23N3O7. The second-order valence-corrected chi connectivity index (χ2v) is 7.44. The molecule has 33 heavy (non-hydrogen) atoms. The maximum atomic E-state index is 13.1. The molecular weight excluding hydrogens is 430 g/mol. The average Bonchev–Trinajstić information content (AvgIpc) is 2.80. The third-order valence-corrected chi connectivity index (χ3v) is 5.24. The van der Waals surface area contributed by atoms with E-state index in [4.69, 9.17) is 9.84 Å². The monoisotopic (exact) mass is 453 g/mol. The molecule has 1 atom stereocenters. The van der Waals surface area contributed by atoms with Crippen molar-refractivity contribution in [1.82, 2.24) is 10.2 Å². The maximum Gasteiger partial charge on any atom is 0.338 e. The van der Waals surface area contributed by atoms with E-state index in [1.807, 2.05) is 30.3 Å². The first-order chi connectivity index (χ1) is 15.8. The third kappa shape index (κ3) is 5.73. The summed E-state index contributed by atoms with van der Waals surface area (Å²) in [5.74, 6) is -1.64. The van der Waals surface area contributed by atoms with Crippen LogP contribution in [0.15, 0.2) is 65.9 Å². The Morgan fingerprint density at radius 3 is 2.42 bits per heavy atom. The lowest BCUT2D eigenvalue weighted by atomic mass is 9.94. The number of nitro groups is 1. The third-order valence-electron chi connectivity index (χ3n) is 5.24. The minimum absolute atomic E-state index is 0.0242. The number of aliphatic carboxylic acids is 1. The Balaban J connectivity index is 1.91. The van der Waals surface area contributed by atoms with E-state index in [0.29, 0.717) is 11.3 Å². The lowest BCUT2D eigenvalue weighted by molar-refractivity contribution is -0.384. The molecule has 1 heterocycles. The lowest BCUT2D eigenvalue weighted by Gasteiger charge is -2.35. The van der Waals surface area contributed by atoms with Crippen molar-refractivity contribution in [2.24, 2.45) is 0 Å². The van der Waals surface area contributed by atoms with Crippen LogP contribution in [0.3, 0.4) is 0 Å². The second-order valence-electron chi connectivity index (χ2n) is 7.44. The summed E-state index contributed by atoms with van der Waals surface area (Å²) in [4.78, 5) is 48.5. The molecule has 2 aromatic rings. The van der Waals surface area contributed by atoms with Crippen molar-refractivity contribution in [3.63, 3.8) is 0 Å². The van der Waals surface area contributed by atoms with Gasteiger partial charge in [0.2, 0.25) is 0 Å². The molecule has 3 rings (SSSR count). The molecule has 0 bridgehead atoms. The highest BCUT2D eigenvalue weighted by atomic mass is 16.6. The van der Waals surface area contributed by atoms with Gasteiger partial charge in [0.05, 0.1) is 16.5 Å². The van der Waals surface area contributed by atoms with Crippen LogP contribution in [0.25, 0.3) is 0 Å². The van der Waals surface area contributed by atoms with Crippen LogP contribution in [0, 0.1) is 10.1 Å². The van der Waals surface area contributed by atoms with Crippen LogP contribution in [0.5, 0.6) is 0 Å². The number of nitrogens with one attached hydrogen (secondary N) is 1. The summed E-state index contributed by atoms with van der Waals surface area (Å²) in [6.45, 7) is 1.72. The number of non-ortho nitro benzene ring substituents is 1.